The van der Waals surface area contributed by atoms with E-state index < -0.39 is 11.6 Å². The Bertz CT molecular complexity index is 345. The summed E-state index contributed by atoms with van der Waals surface area (Å²) in [4.78, 5) is 0. The van der Waals surface area contributed by atoms with Gasteiger partial charge in [0.1, 0.15) is 0 Å². The number of hydrogen-bond donors (Lipinski definition) is 1. The monoisotopic (exact) mass is 197 g/mol. The topological polar surface area (TPSA) is 12.0 Å². The van der Waals surface area contributed by atoms with Crippen LogP contribution in [0.25, 0.3) is 6.08 Å². The standard InChI is InChI=1S/C11H13F2N/c1-8(7-14-2)5-9-3-4-10(12)11(13)6-9/h3-6,14H,7H2,1-2H3. The van der Waals surface area contributed by atoms with Gasteiger partial charge in [0.25, 0.3) is 0 Å². The molecule has 1 aromatic carbocycles. The Morgan fingerprint density at radius 3 is 2.64 bits per heavy atom. The minimum Gasteiger partial charge on any atom is -0.316 e. The molecule has 0 aliphatic rings. The SMILES string of the molecule is CNCC(C)=Cc1ccc(F)c(F)c1. The van der Waals surface area contributed by atoms with Gasteiger partial charge in [-0.15, -0.1) is 0 Å². The van der Waals surface area contributed by atoms with E-state index in [4.69, 9.17) is 0 Å². The Morgan fingerprint density at radius 1 is 1.36 bits per heavy atom. The minimum atomic E-state index is -0.812. The van der Waals surface area contributed by atoms with E-state index in [-0.39, 0.29) is 0 Å². The highest BCUT2D eigenvalue weighted by atomic mass is 19.2. The van der Waals surface area contributed by atoms with Crippen LogP contribution in [0.4, 0.5) is 8.78 Å². The van der Waals surface area contributed by atoms with Crippen molar-refractivity contribution in [1.29, 1.82) is 0 Å². The lowest BCUT2D eigenvalue weighted by Crippen LogP contribution is -2.08. The number of halogens is 2. The van der Waals surface area contributed by atoms with Gasteiger partial charge < -0.3 is 5.32 Å². The molecule has 0 bridgehead atoms. The molecule has 0 heterocycles. The van der Waals surface area contributed by atoms with Gasteiger partial charge in [-0.1, -0.05) is 17.7 Å². The van der Waals surface area contributed by atoms with Crippen molar-refractivity contribution in [3.8, 4) is 0 Å². The van der Waals surface area contributed by atoms with Crippen molar-refractivity contribution in [1.82, 2.24) is 5.32 Å². The van der Waals surface area contributed by atoms with Crippen molar-refractivity contribution < 1.29 is 8.78 Å². The first-order valence-electron chi connectivity index (χ1n) is 4.40. The van der Waals surface area contributed by atoms with E-state index in [9.17, 15) is 8.78 Å². The van der Waals surface area contributed by atoms with Crippen molar-refractivity contribution >= 4 is 6.08 Å². The van der Waals surface area contributed by atoms with Crippen molar-refractivity contribution in [3.05, 3.63) is 41.0 Å². The predicted molar refractivity (Wildman–Crippen MR) is 53.9 cm³/mol. The van der Waals surface area contributed by atoms with Crippen LogP contribution in [0.15, 0.2) is 23.8 Å². The lowest BCUT2D eigenvalue weighted by molar-refractivity contribution is 0.508. The van der Waals surface area contributed by atoms with Crippen LogP contribution in [-0.4, -0.2) is 13.6 Å². The zero-order valence-electron chi connectivity index (χ0n) is 8.27. The van der Waals surface area contributed by atoms with Crippen LogP contribution in [0, 0.1) is 11.6 Å². The Hall–Kier alpha value is -1.22. The molecule has 3 heteroatoms. The first kappa shape index (κ1) is 10.9. The summed E-state index contributed by atoms with van der Waals surface area (Å²) in [6.45, 7) is 2.66. The van der Waals surface area contributed by atoms with Crippen LogP contribution in [0.5, 0.6) is 0 Å². The van der Waals surface area contributed by atoms with Crippen LogP contribution in [0.3, 0.4) is 0 Å². The average Bonchev–Trinajstić information content (AvgIpc) is 2.12. The average molecular weight is 197 g/mol. The maximum Gasteiger partial charge on any atom is 0.159 e. The van der Waals surface area contributed by atoms with Crippen molar-refractivity contribution in [3.63, 3.8) is 0 Å². The second-order valence-corrected chi connectivity index (χ2v) is 3.19. The molecule has 0 spiro atoms. The second kappa shape index (κ2) is 4.86. The van der Waals surface area contributed by atoms with Gasteiger partial charge in [0, 0.05) is 6.54 Å². The maximum absolute atomic E-state index is 12.8. The van der Waals surface area contributed by atoms with E-state index >= 15 is 0 Å². The molecule has 0 aliphatic carbocycles. The van der Waals surface area contributed by atoms with E-state index in [1.165, 1.54) is 6.07 Å². The van der Waals surface area contributed by atoms with Gasteiger partial charge in [0.15, 0.2) is 11.6 Å². The minimum absolute atomic E-state index is 0.677. The molecule has 0 saturated carbocycles. The van der Waals surface area contributed by atoms with Crippen LogP contribution in [0.2, 0.25) is 0 Å². The third kappa shape index (κ3) is 2.92. The van der Waals surface area contributed by atoms with E-state index in [1.54, 1.807) is 6.07 Å². The largest absolute Gasteiger partial charge is 0.316 e. The molecule has 0 aliphatic heterocycles. The molecule has 1 nitrogen and oxygen atoms in total. The fourth-order valence-electron chi connectivity index (χ4n) is 1.22. The van der Waals surface area contributed by atoms with Crippen LogP contribution in [0.1, 0.15) is 12.5 Å². The first-order chi connectivity index (χ1) is 6.63. The van der Waals surface area contributed by atoms with E-state index in [0.717, 1.165) is 18.2 Å². The summed E-state index contributed by atoms with van der Waals surface area (Å²) in [7, 11) is 1.84. The molecule has 0 aromatic heterocycles. The molecular formula is C11H13F2N. The summed E-state index contributed by atoms with van der Waals surface area (Å²) in [5.41, 5.74) is 1.75. The lowest BCUT2D eigenvalue weighted by Gasteiger charge is -2.00. The number of hydrogen-bond acceptors (Lipinski definition) is 1. The molecular weight excluding hydrogens is 184 g/mol. The Labute approximate surface area is 82.4 Å². The normalized spacial score (nSPS) is 11.9. The molecule has 76 valence electrons. The van der Waals surface area contributed by atoms with Crippen LogP contribution >= 0.6 is 0 Å². The number of likely N-dealkylation sites (N-methyl/N-ethyl adjacent to an activating group) is 1. The lowest BCUT2D eigenvalue weighted by atomic mass is 10.1. The summed E-state index contributed by atoms with van der Waals surface area (Å²) >= 11 is 0. The molecule has 0 amide bonds. The Balaban J connectivity index is 2.87. The van der Waals surface area contributed by atoms with Crippen molar-refractivity contribution in [2.45, 2.75) is 6.92 Å². The fourth-order valence-corrected chi connectivity index (χ4v) is 1.22. The van der Waals surface area contributed by atoms with Crippen molar-refractivity contribution in [2.24, 2.45) is 0 Å². The molecule has 0 saturated heterocycles. The first-order valence-corrected chi connectivity index (χ1v) is 4.40. The van der Waals surface area contributed by atoms with E-state index in [1.807, 2.05) is 20.0 Å². The van der Waals surface area contributed by atoms with Gasteiger partial charge in [0.05, 0.1) is 0 Å². The predicted octanol–water partition coefficient (Wildman–Crippen LogP) is 2.59. The third-order valence-electron chi connectivity index (χ3n) is 1.81. The molecule has 1 N–H and O–H groups in total. The fraction of sp³-hybridized carbons (Fsp3) is 0.273. The summed E-state index contributed by atoms with van der Waals surface area (Å²) in [6, 6.07) is 3.87. The molecule has 14 heavy (non-hydrogen) atoms. The quantitative estimate of drug-likeness (QED) is 0.785. The van der Waals surface area contributed by atoms with Gasteiger partial charge >= 0.3 is 0 Å². The molecule has 0 unspecified atom stereocenters. The number of benzene rings is 1. The smallest absolute Gasteiger partial charge is 0.159 e. The molecule has 0 radical (unpaired) electrons. The summed E-state index contributed by atoms with van der Waals surface area (Å²) in [5.74, 6) is -1.62. The van der Waals surface area contributed by atoms with Gasteiger partial charge in [0.2, 0.25) is 0 Å². The molecule has 1 rings (SSSR count). The van der Waals surface area contributed by atoms with Crippen LogP contribution < -0.4 is 5.32 Å². The molecule has 1 aromatic rings. The summed E-state index contributed by atoms with van der Waals surface area (Å²) in [5, 5.41) is 2.98. The van der Waals surface area contributed by atoms with Gasteiger partial charge in [-0.05, 0) is 31.7 Å². The highest BCUT2D eigenvalue weighted by Crippen LogP contribution is 2.11. The maximum atomic E-state index is 12.8. The van der Waals surface area contributed by atoms with E-state index in [2.05, 4.69) is 5.32 Å². The van der Waals surface area contributed by atoms with Gasteiger partial charge in [-0.25, -0.2) is 8.78 Å². The van der Waals surface area contributed by atoms with Gasteiger partial charge in [-0.2, -0.15) is 0 Å². The van der Waals surface area contributed by atoms with Gasteiger partial charge in [-0.3, -0.25) is 0 Å². The highest BCUT2D eigenvalue weighted by Gasteiger charge is 2.00. The number of rotatable bonds is 3. The molecule has 0 atom stereocenters. The number of nitrogens with one attached hydrogen (secondary N) is 1. The zero-order valence-corrected chi connectivity index (χ0v) is 8.27. The summed E-state index contributed by atoms with van der Waals surface area (Å²) < 4.78 is 25.4. The Morgan fingerprint density at radius 2 is 2.07 bits per heavy atom. The Kier molecular flexibility index (Phi) is 3.77. The second-order valence-electron chi connectivity index (χ2n) is 3.19. The van der Waals surface area contributed by atoms with E-state index in [0.29, 0.717) is 5.56 Å². The third-order valence-corrected chi connectivity index (χ3v) is 1.81. The highest BCUT2D eigenvalue weighted by molar-refractivity contribution is 5.52. The van der Waals surface area contributed by atoms with Crippen molar-refractivity contribution in [2.75, 3.05) is 13.6 Å². The van der Waals surface area contributed by atoms with Crippen LogP contribution in [-0.2, 0) is 0 Å². The summed E-state index contributed by atoms with van der Waals surface area (Å²) in [6.07, 6.45) is 1.82. The molecule has 0 fully saturated rings. The zero-order chi connectivity index (χ0) is 10.6.